The molecule has 0 aliphatic carbocycles. The Hall–Kier alpha value is -4.29. The lowest BCUT2D eigenvalue weighted by atomic mass is 10.0. The highest BCUT2D eigenvalue weighted by molar-refractivity contribution is 7.13. The fourth-order valence-electron chi connectivity index (χ4n) is 3.50. The second-order valence-electron chi connectivity index (χ2n) is 8.51. The first kappa shape index (κ1) is 28.3. The number of benzene rings is 2. The number of hydrogen-bond donors (Lipinski definition) is 6. The molecule has 0 spiro atoms. The number of amides is 4. The van der Waals surface area contributed by atoms with Crippen LogP contribution in [-0.4, -0.2) is 39.9 Å². The van der Waals surface area contributed by atoms with Crippen LogP contribution >= 0.6 is 11.3 Å². The lowest BCUT2D eigenvalue weighted by Gasteiger charge is -2.21. The van der Waals surface area contributed by atoms with Gasteiger partial charge in [0.15, 0.2) is 5.13 Å². The summed E-state index contributed by atoms with van der Waals surface area (Å²) >= 11 is 1.18. The van der Waals surface area contributed by atoms with Crippen LogP contribution in [0.25, 0.3) is 0 Å². The number of nitrogens with two attached hydrogens (primary N) is 1. The van der Waals surface area contributed by atoms with Crippen molar-refractivity contribution >= 4 is 40.3 Å². The molecule has 0 aliphatic heterocycles. The summed E-state index contributed by atoms with van der Waals surface area (Å²) in [5.74, 6) is -2.04. The van der Waals surface area contributed by atoms with Crippen LogP contribution in [0.15, 0.2) is 60.0 Å². The summed E-state index contributed by atoms with van der Waals surface area (Å²) in [6.45, 7) is 2.21. The number of carbonyl (C=O) groups is 4. The number of urea groups is 1. The van der Waals surface area contributed by atoms with E-state index in [4.69, 9.17) is 5.73 Å². The lowest BCUT2D eigenvalue weighted by Crippen LogP contribution is -2.46. The summed E-state index contributed by atoms with van der Waals surface area (Å²) in [6.07, 6.45) is -0.414. The molecule has 7 N–H and O–H groups in total. The zero-order valence-electron chi connectivity index (χ0n) is 20.8. The fourth-order valence-corrected chi connectivity index (χ4v) is 4.20. The number of carboxylic acid groups (broad SMARTS) is 1. The Morgan fingerprint density at radius 3 is 2.37 bits per heavy atom. The van der Waals surface area contributed by atoms with Gasteiger partial charge in [-0.05, 0) is 23.6 Å². The molecule has 4 amide bonds. The summed E-state index contributed by atoms with van der Waals surface area (Å²) in [7, 11) is 0. The minimum absolute atomic E-state index is 0.0967. The summed E-state index contributed by atoms with van der Waals surface area (Å²) < 4.78 is 0. The van der Waals surface area contributed by atoms with Gasteiger partial charge < -0.3 is 26.8 Å². The van der Waals surface area contributed by atoms with Crippen LogP contribution in [0.2, 0.25) is 0 Å². The van der Waals surface area contributed by atoms with Gasteiger partial charge in [-0.2, -0.15) is 0 Å². The lowest BCUT2D eigenvalue weighted by molar-refractivity contribution is -0.138. The van der Waals surface area contributed by atoms with Gasteiger partial charge in [0, 0.05) is 18.5 Å². The first-order chi connectivity index (χ1) is 18.2. The maximum atomic E-state index is 12.7. The molecule has 0 saturated heterocycles. The van der Waals surface area contributed by atoms with E-state index in [0.717, 1.165) is 11.1 Å². The van der Waals surface area contributed by atoms with Crippen molar-refractivity contribution in [3.05, 3.63) is 82.4 Å². The van der Waals surface area contributed by atoms with E-state index in [2.05, 4.69) is 26.3 Å². The molecule has 0 aliphatic rings. The van der Waals surface area contributed by atoms with Gasteiger partial charge >= 0.3 is 12.0 Å². The monoisotopic (exact) mass is 538 g/mol. The molecule has 2 atom stereocenters. The predicted molar refractivity (Wildman–Crippen MR) is 143 cm³/mol. The zero-order valence-corrected chi connectivity index (χ0v) is 21.6. The second-order valence-corrected chi connectivity index (χ2v) is 9.37. The van der Waals surface area contributed by atoms with Gasteiger partial charge in [0.2, 0.25) is 11.8 Å². The molecule has 3 rings (SSSR count). The highest BCUT2D eigenvalue weighted by Gasteiger charge is 2.23. The highest BCUT2D eigenvalue weighted by atomic mass is 32.1. The third kappa shape index (κ3) is 8.98. The Balaban J connectivity index is 1.48. The van der Waals surface area contributed by atoms with Crippen molar-refractivity contribution in [3.8, 4) is 0 Å². The van der Waals surface area contributed by atoms with Gasteiger partial charge in [0.05, 0.1) is 24.6 Å². The van der Waals surface area contributed by atoms with Gasteiger partial charge in [-0.3, -0.25) is 19.7 Å². The van der Waals surface area contributed by atoms with Crippen molar-refractivity contribution in [2.24, 2.45) is 5.73 Å². The van der Waals surface area contributed by atoms with Gasteiger partial charge in [-0.25, -0.2) is 9.78 Å². The molecule has 38 heavy (non-hydrogen) atoms. The number of nitrogens with one attached hydrogen (secondary N) is 4. The van der Waals surface area contributed by atoms with Crippen molar-refractivity contribution < 1.29 is 24.3 Å². The zero-order chi connectivity index (χ0) is 27.5. The Morgan fingerprint density at radius 2 is 1.71 bits per heavy atom. The van der Waals surface area contributed by atoms with Crippen LogP contribution in [0.4, 0.5) is 9.93 Å². The Kier molecular flexibility index (Phi) is 10.3. The largest absolute Gasteiger partial charge is 0.481 e. The van der Waals surface area contributed by atoms with E-state index in [1.807, 2.05) is 30.3 Å². The second kappa shape index (κ2) is 13.9. The molecule has 1 aromatic heterocycles. The van der Waals surface area contributed by atoms with E-state index in [1.54, 1.807) is 29.6 Å². The quantitative estimate of drug-likeness (QED) is 0.205. The average molecular weight is 539 g/mol. The number of thiazole rings is 1. The van der Waals surface area contributed by atoms with Gasteiger partial charge in [-0.1, -0.05) is 54.6 Å². The van der Waals surface area contributed by atoms with Gasteiger partial charge in [0.25, 0.3) is 0 Å². The van der Waals surface area contributed by atoms with Crippen molar-refractivity contribution in [3.63, 3.8) is 0 Å². The molecular formula is C26H30N6O5S. The number of carbonyl (C=O) groups excluding carboxylic acids is 3. The molecule has 200 valence electrons. The smallest absolute Gasteiger partial charge is 0.321 e. The molecule has 12 heteroatoms. The highest BCUT2D eigenvalue weighted by Crippen LogP contribution is 2.18. The number of nitrogens with zero attached hydrogens (tertiary/aromatic N) is 1. The minimum atomic E-state index is -1.07. The van der Waals surface area contributed by atoms with E-state index >= 15 is 0 Å². The van der Waals surface area contributed by atoms with Crippen LogP contribution < -0.4 is 27.0 Å². The molecule has 3 aromatic rings. The maximum absolute atomic E-state index is 12.7. The number of rotatable bonds is 12. The third-order valence-electron chi connectivity index (χ3n) is 5.49. The summed E-state index contributed by atoms with van der Waals surface area (Å²) in [4.78, 5) is 52.9. The molecule has 2 aromatic carbocycles. The number of aromatic nitrogens is 1. The summed E-state index contributed by atoms with van der Waals surface area (Å²) in [5.41, 5.74) is 8.49. The molecule has 11 nitrogen and oxygen atoms in total. The van der Waals surface area contributed by atoms with E-state index in [0.29, 0.717) is 29.5 Å². The molecule has 1 unspecified atom stereocenters. The normalized spacial score (nSPS) is 12.2. The van der Waals surface area contributed by atoms with Crippen LogP contribution in [0.5, 0.6) is 0 Å². The summed E-state index contributed by atoms with van der Waals surface area (Å²) in [5, 5.41) is 21.9. The van der Waals surface area contributed by atoms with Crippen molar-refractivity contribution in [2.45, 2.75) is 44.9 Å². The van der Waals surface area contributed by atoms with E-state index in [1.165, 1.54) is 18.3 Å². The SMILES string of the molecule is C[C@H](NC(=O)Cc1csc(NC(=O)NCc2ccccc2)n1)C(=O)NC(CC(=O)O)c1ccc(CN)cc1. The topological polar surface area (TPSA) is 176 Å². The van der Waals surface area contributed by atoms with Crippen LogP contribution in [0.3, 0.4) is 0 Å². The van der Waals surface area contributed by atoms with Crippen LogP contribution in [0.1, 0.15) is 41.8 Å². The number of aliphatic carboxylic acids is 1. The number of hydrogen-bond acceptors (Lipinski definition) is 7. The fraction of sp³-hybridized carbons (Fsp3) is 0.269. The van der Waals surface area contributed by atoms with Crippen molar-refractivity contribution in [2.75, 3.05) is 5.32 Å². The Labute approximate surface area is 223 Å². The molecule has 0 bridgehead atoms. The van der Waals surface area contributed by atoms with E-state index in [9.17, 15) is 24.3 Å². The van der Waals surface area contributed by atoms with E-state index < -0.39 is 35.9 Å². The van der Waals surface area contributed by atoms with Crippen molar-refractivity contribution in [1.82, 2.24) is 20.9 Å². The van der Waals surface area contributed by atoms with Crippen molar-refractivity contribution in [1.29, 1.82) is 0 Å². The predicted octanol–water partition coefficient (Wildman–Crippen LogP) is 2.30. The van der Waals surface area contributed by atoms with Crippen LogP contribution in [-0.2, 0) is 33.9 Å². The maximum Gasteiger partial charge on any atom is 0.321 e. The van der Waals surface area contributed by atoms with E-state index in [-0.39, 0.29) is 12.8 Å². The minimum Gasteiger partial charge on any atom is -0.481 e. The van der Waals surface area contributed by atoms with Crippen LogP contribution in [0, 0.1) is 0 Å². The molecule has 0 radical (unpaired) electrons. The van der Waals surface area contributed by atoms with Gasteiger partial charge in [0.1, 0.15) is 6.04 Å². The molecule has 1 heterocycles. The number of carboxylic acids is 1. The first-order valence-electron chi connectivity index (χ1n) is 11.9. The molecular weight excluding hydrogens is 508 g/mol. The third-order valence-corrected chi connectivity index (χ3v) is 6.30. The molecule has 0 saturated carbocycles. The molecule has 0 fully saturated rings. The Bertz CT molecular complexity index is 1250. The van der Waals surface area contributed by atoms with Gasteiger partial charge in [-0.15, -0.1) is 11.3 Å². The number of anilines is 1. The Morgan fingerprint density at radius 1 is 1.00 bits per heavy atom. The summed E-state index contributed by atoms with van der Waals surface area (Å²) in [6, 6.07) is 14.3. The average Bonchev–Trinajstić information content (AvgIpc) is 3.33. The first-order valence-corrected chi connectivity index (χ1v) is 12.7. The standard InChI is InChI=1S/C26H30N6O5S/c1-16(24(36)31-21(12-23(34)35)19-9-7-17(13-27)8-10-19)29-22(33)11-20-15-38-26(30-20)32-25(37)28-14-18-5-3-2-4-6-18/h2-10,15-16,21H,11-14,27H2,1H3,(H,29,33)(H,31,36)(H,34,35)(H2,28,30,32,37)/t16-,21?/m0/s1.